The van der Waals surface area contributed by atoms with Crippen molar-refractivity contribution in [3.63, 3.8) is 0 Å². The SMILES string of the molecule is COCc1c(CC(N)=O)nnn1CCCN(C)C. The number of hydrogen-bond donors (Lipinski definition) is 1. The summed E-state index contributed by atoms with van der Waals surface area (Å²) in [5.74, 6) is -0.410. The van der Waals surface area contributed by atoms with Crippen LogP contribution in [0.1, 0.15) is 17.8 Å². The Morgan fingerprint density at radius 1 is 1.50 bits per heavy atom. The molecule has 1 aromatic heterocycles. The van der Waals surface area contributed by atoms with Gasteiger partial charge in [0.25, 0.3) is 0 Å². The molecule has 0 aliphatic rings. The molecule has 1 aromatic rings. The van der Waals surface area contributed by atoms with E-state index in [-0.39, 0.29) is 6.42 Å². The predicted molar refractivity (Wildman–Crippen MR) is 66.8 cm³/mol. The molecule has 0 atom stereocenters. The number of carbonyl (C=O) groups excluding carboxylic acids is 1. The van der Waals surface area contributed by atoms with Crippen LogP contribution in [0.25, 0.3) is 0 Å². The Morgan fingerprint density at radius 3 is 2.78 bits per heavy atom. The maximum Gasteiger partial charge on any atom is 0.223 e. The average Bonchev–Trinajstić information content (AvgIpc) is 2.61. The molecule has 7 nitrogen and oxygen atoms in total. The molecule has 1 heterocycles. The van der Waals surface area contributed by atoms with Crippen molar-refractivity contribution in [2.24, 2.45) is 5.73 Å². The summed E-state index contributed by atoms with van der Waals surface area (Å²) in [5.41, 5.74) is 6.61. The molecule has 1 amide bonds. The van der Waals surface area contributed by atoms with Gasteiger partial charge in [-0.3, -0.25) is 4.79 Å². The van der Waals surface area contributed by atoms with Gasteiger partial charge < -0.3 is 15.4 Å². The molecule has 7 heteroatoms. The van der Waals surface area contributed by atoms with E-state index in [4.69, 9.17) is 10.5 Å². The summed E-state index contributed by atoms with van der Waals surface area (Å²) in [6.45, 7) is 2.11. The van der Waals surface area contributed by atoms with Crippen molar-refractivity contribution in [3.05, 3.63) is 11.4 Å². The minimum atomic E-state index is -0.410. The predicted octanol–water partition coefficient (Wildman–Crippen LogP) is -0.596. The number of carbonyl (C=O) groups is 1. The molecule has 0 aliphatic carbocycles. The summed E-state index contributed by atoms with van der Waals surface area (Å²) in [6, 6.07) is 0. The third-order valence-electron chi connectivity index (χ3n) is 2.52. The topological polar surface area (TPSA) is 86.3 Å². The second kappa shape index (κ2) is 7.07. The van der Waals surface area contributed by atoms with Gasteiger partial charge in [-0.05, 0) is 27.1 Å². The summed E-state index contributed by atoms with van der Waals surface area (Å²) in [5, 5.41) is 8.04. The van der Waals surface area contributed by atoms with Crippen molar-refractivity contribution < 1.29 is 9.53 Å². The highest BCUT2D eigenvalue weighted by atomic mass is 16.5. The van der Waals surface area contributed by atoms with Crippen LogP contribution < -0.4 is 5.73 Å². The van der Waals surface area contributed by atoms with Gasteiger partial charge in [-0.1, -0.05) is 5.21 Å². The van der Waals surface area contributed by atoms with Gasteiger partial charge in [0, 0.05) is 13.7 Å². The third kappa shape index (κ3) is 4.42. The van der Waals surface area contributed by atoms with Crippen LogP contribution in [-0.2, 0) is 29.1 Å². The number of ether oxygens (including phenoxy) is 1. The number of amides is 1. The van der Waals surface area contributed by atoms with E-state index < -0.39 is 5.91 Å². The number of rotatable bonds is 8. The van der Waals surface area contributed by atoms with E-state index in [2.05, 4.69) is 15.2 Å². The normalized spacial score (nSPS) is 11.1. The Labute approximate surface area is 107 Å². The third-order valence-corrected chi connectivity index (χ3v) is 2.52. The maximum atomic E-state index is 10.9. The first kappa shape index (κ1) is 14.6. The van der Waals surface area contributed by atoms with Gasteiger partial charge in [-0.2, -0.15) is 0 Å². The molecule has 0 fully saturated rings. The first-order valence-corrected chi connectivity index (χ1v) is 5.87. The maximum absolute atomic E-state index is 10.9. The van der Waals surface area contributed by atoms with Gasteiger partial charge in [0.05, 0.1) is 24.4 Å². The molecular weight excluding hydrogens is 234 g/mol. The van der Waals surface area contributed by atoms with E-state index in [1.54, 1.807) is 11.8 Å². The lowest BCUT2D eigenvalue weighted by atomic mass is 10.2. The first-order chi connectivity index (χ1) is 8.54. The first-order valence-electron chi connectivity index (χ1n) is 5.87. The molecule has 0 spiro atoms. The molecule has 0 radical (unpaired) electrons. The van der Waals surface area contributed by atoms with Crippen molar-refractivity contribution >= 4 is 5.91 Å². The van der Waals surface area contributed by atoms with Gasteiger partial charge in [-0.25, -0.2) is 4.68 Å². The number of methoxy groups -OCH3 is 1. The minimum Gasteiger partial charge on any atom is -0.378 e. The highest BCUT2D eigenvalue weighted by Gasteiger charge is 2.14. The number of hydrogen-bond acceptors (Lipinski definition) is 5. The average molecular weight is 255 g/mol. The van der Waals surface area contributed by atoms with E-state index >= 15 is 0 Å². The standard InChI is InChI=1S/C11H21N5O2/c1-15(2)5-4-6-16-10(8-18-3)9(13-14-16)7-11(12)17/h4-8H2,1-3H3,(H2,12,17). The van der Waals surface area contributed by atoms with E-state index in [1.807, 2.05) is 14.1 Å². The Kier molecular flexibility index (Phi) is 5.73. The lowest BCUT2D eigenvalue weighted by molar-refractivity contribution is -0.117. The van der Waals surface area contributed by atoms with Crippen molar-refractivity contribution in [2.45, 2.75) is 26.0 Å². The zero-order valence-electron chi connectivity index (χ0n) is 11.2. The van der Waals surface area contributed by atoms with Gasteiger partial charge >= 0.3 is 0 Å². The fourth-order valence-electron chi connectivity index (χ4n) is 1.68. The highest BCUT2D eigenvalue weighted by molar-refractivity contribution is 5.76. The fraction of sp³-hybridized carbons (Fsp3) is 0.727. The van der Waals surface area contributed by atoms with Crippen LogP contribution in [0.5, 0.6) is 0 Å². The molecule has 0 saturated carbocycles. The van der Waals surface area contributed by atoms with Crippen LogP contribution in [0.15, 0.2) is 0 Å². The highest BCUT2D eigenvalue weighted by Crippen LogP contribution is 2.08. The van der Waals surface area contributed by atoms with Crippen molar-refractivity contribution in [1.82, 2.24) is 19.9 Å². The quantitative estimate of drug-likeness (QED) is 0.670. The minimum absolute atomic E-state index is 0.104. The molecular formula is C11H21N5O2. The van der Waals surface area contributed by atoms with Gasteiger partial charge in [0.1, 0.15) is 0 Å². The molecule has 1 rings (SSSR count). The van der Waals surface area contributed by atoms with Crippen LogP contribution in [0, 0.1) is 0 Å². The molecule has 102 valence electrons. The van der Waals surface area contributed by atoms with Gasteiger partial charge in [0.15, 0.2) is 0 Å². The van der Waals surface area contributed by atoms with Crippen LogP contribution >= 0.6 is 0 Å². The summed E-state index contributed by atoms with van der Waals surface area (Å²) in [7, 11) is 5.65. The molecule has 0 aliphatic heterocycles. The van der Waals surface area contributed by atoms with Crippen molar-refractivity contribution in [3.8, 4) is 0 Å². The fourth-order valence-corrected chi connectivity index (χ4v) is 1.68. The van der Waals surface area contributed by atoms with Crippen LogP contribution in [0.3, 0.4) is 0 Å². The Hall–Kier alpha value is -1.47. The lowest BCUT2D eigenvalue weighted by Crippen LogP contribution is -2.18. The number of nitrogens with zero attached hydrogens (tertiary/aromatic N) is 4. The number of nitrogens with two attached hydrogens (primary N) is 1. The smallest absolute Gasteiger partial charge is 0.223 e. The van der Waals surface area contributed by atoms with Crippen molar-refractivity contribution in [1.29, 1.82) is 0 Å². The van der Waals surface area contributed by atoms with E-state index in [9.17, 15) is 4.79 Å². The summed E-state index contributed by atoms with van der Waals surface area (Å²) in [6.07, 6.45) is 1.06. The van der Waals surface area contributed by atoms with Crippen LogP contribution in [-0.4, -0.2) is 53.6 Å². The Balaban J connectivity index is 2.71. The van der Waals surface area contributed by atoms with E-state index in [1.165, 1.54) is 0 Å². The van der Waals surface area contributed by atoms with Crippen LogP contribution in [0.2, 0.25) is 0 Å². The van der Waals surface area contributed by atoms with Crippen LogP contribution in [0.4, 0.5) is 0 Å². The van der Waals surface area contributed by atoms with Gasteiger partial charge in [0.2, 0.25) is 5.91 Å². The second-order valence-corrected chi connectivity index (χ2v) is 4.44. The summed E-state index contributed by atoms with van der Waals surface area (Å²) in [4.78, 5) is 13.0. The number of aryl methyl sites for hydroxylation is 1. The van der Waals surface area contributed by atoms with E-state index in [0.717, 1.165) is 25.2 Å². The largest absolute Gasteiger partial charge is 0.378 e. The zero-order valence-corrected chi connectivity index (χ0v) is 11.2. The molecule has 0 bridgehead atoms. The van der Waals surface area contributed by atoms with E-state index in [0.29, 0.717) is 12.3 Å². The number of primary amides is 1. The number of aromatic nitrogens is 3. The molecule has 0 aromatic carbocycles. The molecule has 0 saturated heterocycles. The Bertz CT molecular complexity index is 389. The Morgan fingerprint density at radius 2 is 2.22 bits per heavy atom. The van der Waals surface area contributed by atoms with Crippen molar-refractivity contribution in [2.75, 3.05) is 27.7 Å². The summed E-state index contributed by atoms with van der Waals surface area (Å²) >= 11 is 0. The molecule has 18 heavy (non-hydrogen) atoms. The zero-order chi connectivity index (χ0) is 13.5. The lowest BCUT2D eigenvalue weighted by Gasteiger charge is -2.10. The second-order valence-electron chi connectivity index (χ2n) is 4.44. The molecule has 2 N–H and O–H groups in total. The van der Waals surface area contributed by atoms with Gasteiger partial charge in [-0.15, -0.1) is 5.10 Å². The molecule has 0 unspecified atom stereocenters. The summed E-state index contributed by atoms with van der Waals surface area (Å²) < 4.78 is 6.90. The monoisotopic (exact) mass is 255 g/mol.